The Bertz CT molecular complexity index is 852. The topological polar surface area (TPSA) is 29.5 Å². The van der Waals surface area contributed by atoms with Gasteiger partial charge in [-0.15, -0.1) is 0 Å². The summed E-state index contributed by atoms with van der Waals surface area (Å²) < 4.78 is 20.4. The van der Waals surface area contributed by atoms with E-state index in [4.69, 9.17) is 12.6 Å². The molecule has 2 radical (unpaired) electrons. The first kappa shape index (κ1) is 19.2. The average molecular weight is 363 g/mol. The Morgan fingerprint density at radius 3 is 2.56 bits per heavy atom. The Balaban J connectivity index is 1.88. The molecule has 5 heteroatoms. The van der Waals surface area contributed by atoms with Crippen molar-refractivity contribution in [2.75, 3.05) is 6.54 Å². The zero-order valence-electron chi connectivity index (χ0n) is 15.7. The first-order chi connectivity index (χ1) is 12.8. The molecule has 0 N–H and O–H groups in total. The predicted octanol–water partition coefficient (Wildman–Crippen LogP) is 4.38. The van der Waals surface area contributed by atoms with Crippen molar-refractivity contribution in [1.82, 2.24) is 4.90 Å². The predicted molar refractivity (Wildman–Crippen MR) is 106 cm³/mol. The van der Waals surface area contributed by atoms with E-state index in [2.05, 4.69) is 6.58 Å². The molecule has 1 saturated heterocycles. The molecule has 0 aliphatic carbocycles. The fourth-order valence-electron chi connectivity index (χ4n) is 3.70. The third kappa shape index (κ3) is 3.92. The summed E-state index contributed by atoms with van der Waals surface area (Å²) in [5, 5.41) is 0. The molecule has 1 aliphatic rings. The van der Waals surface area contributed by atoms with Gasteiger partial charge in [0.2, 0.25) is 0 Å². The average Bonchev–Trinajstić information content (AvgIpc) is 2.61. The lowest BCUT2D eigenvalue weighted by Crippen LogP contribution is -2.49. The third-order valence-electron chi connectivity index (χ3n) is 5.11. The summed E-state index contributed by atoms with van der Waals surface area (Å²) in [7, 11) is 5.74. The van der Waals surface area contributed by atoms with E-state index in [1.807, 2.05) is 38.1 Å². The van der Waals surface area contributed by atoms with Crippen molar-refractivity contribution in [2.45, 2.75) is 38.3 Å². The highest BCUT2D eigenvalue weighted by Gasteiger charge is 2.44. The number of hydrogen-bond donors (Lipinski definition) is 0. The number of carbonyl (C=O) groups is 1. The summed E-state index contributed by atoms with van der Waals surface area (Å²) in [4.78, 5) is 14.6. The van der Waals surface area contributed by atoms with Crippen LogP contribution in [-0.2, 0) is 10.3 Å². The van der Waals surface area contributed by atoms with E-state index in [0.29, 0.717) is 30.4 Å². The van der Waals surface area contributed by atoms with Crippen molar-refractivity contribution in [1.29, 1.82) is 0 Å². The van der Waals surface area contributed by atoms with Crippen LogP contribution in [0.4, 0.5) is 9.18 Å². The van der Waals surface area contributed by atoms with E-state index in [-0.39, 0.29) is 11.9 Å². The number of hydrogen-bond acceptors (Lipinski definition) is 2. The number of cyclic esters (lactones) is 1. The summed E-state index contributed by atoms with van der Waals surface area (Å²) in [6, 6.07) is 13.7. The molecule has 0 spiro atoms. The molecule has 1 heterocycles. The van der Waals surface area contributed by atoms with Crippen molar-refractivity contribution in [3.63, 3.8) is 0 Å². The molecule has 0 saturated carbocycles. The van der Waals surface area contributed by atoms with Crippen LogP contribution in [0.15, 0.2) is 60.7 Å². The second-order valence-electron chi connectivity index (χ2n) is 7.26. The minimum Gasteiger partial charge on any atom is -0.437 e. The fraction of sp³-hybridized carbons (Fsp3) is 0.318. The van der Waals surface area contributed by atoms with Crippen LogP contribution in [0.5, 0.6) is 0 Å². The number of ether oxygens (including phenoxy) is 1. The molecule has 138 valence electrons. The number of nitrogens with zero attached hydrogens (tertiary/aromatic N) is 1. The molecule has 2 atom stereocenters. The van der Waals surface area contributed by atoms with Crippen LogP contribution < -0.4 is 5.46 Å². The monoisotopic (exact) mass is 363 g/mol. The number of carbonyl (C=O) groups excluding carboxylic acids is 1. The molecule has 1 unspecified atom stereocenters. The summed E-state index contributed by atoms with van der Waals surface area (Å²) in [6.07, 6.45) is 0.436. The van der Waals surface area contributed by atoms with Gasteiger partial charge >= 0.3 is 6.09 Å². The minimum atomic E-state index is -1.02. The van der Waals surface area contributed by atoms with Crippen molar-refractivity contribution >= 4 is 19.4 Å². The van der Waals surface area contributed by atoms with Gasteiger partial charge in [-0.25, -0.2) is 9.18 Å². The Morgan fingerprint density at radius 2 is 1.96 bits per heavy atom. The van der Waals surface area contributed by atoms with Crippen molar-refractivity contribution in [3.8, 4) is 0 Å². The Kier molecular flexibility index (Phi) is 5.40. The van der Waals surface area contributed by atoms with Crippen LogP contribution in [-0.4, -0.2) is 25.4 Å². The molecule has 1 aliphatic heterocycles. The molecule has 0 aromatic heterocycles. The zero-order valence-corrected chi connectivity index (χ0v) is 15.7. The maximum Gasteiger partial charge on any atom is 0.411 e. The van der Waals surface area contributed by atoms with Crippen LogP contribution in [0, 0.1) is 5.82 Å². The molecule has 1 fully saturated rings. The first-order valence-corrected chi connectivity index (χ1v) is 9.07. The second kappa shape index (κ2) is 7.59. The zero-order chi connectivity index (χ0) is 19.6. The van der Waals surface area contributed by atoms with Crippen molar-refractivity contribution < 1.29 is 13.9 Å². The molecule has 2 aromatic carbocycles. The van der Waals surface area contributed by atoms with Gasteiger partial charge in [-0.3, -0.25) is 0 Å². The number of rotatable bonds is 5. The van der Waals surface area contributed by atoms with Crippen molar-refractivity contribution in [3.05, 3.63) is 77.6 Å². The molecule has 3 rings (SSSR count). The van der Waals surface area contributed by atoms with E-state index in [1.54, 1.807) is 23.1 Å². The number of halogens is 1. The second-order valence-corrected chi connectivity index (χ2v) is 7.26. The van der Waals surface area contributed by atoms with Crippen LogP contribution in [0.3, 0.4) is 0 Å². The minimum absolute atomic E-state index is 0.165. The Labute approximate surface area is 161 Å². The van der Waals surface area contributed by atoms with Crippen LogP contribution in [0.25, 0.3) is 0 Å². The molecule has 27 heavy (non-hydrogen) atoms. The van der Waals surface area contributed by atoms with Gasteiger partial charge in [-0.2, -0.15) is 0 Å². The number of benzene rings is 2. The van der Waals surface area contributed by atoms with E-state index >= 15 is 0 Å². The van der Waals surface area contributed by atoms with E-state index in [9.17, 15) is 9.18 Å². The third-order valence-corrected chi connectivity index (χ3v) is 5.11. The molecule has 1 amide bonds. The summed E-state index contributed by atoms with van der Waals surface area (Å²) in [5.74, 6) is -0.369. The Morgan fingerprint density at radius 1 is 1.30 bits per heavy atom. The molecular weight excluding hydrogens is 340 g/mol. The smallest absolute Gasteiger partial charge is 0.411 e. The van der Waals surface area contributed by atoms with E-state index in [1.165, 1.54) is 6.07 Å². The maximum absolute atomic E-state index is 14.5. The van der Waals surface area contributed by atoms with Gasteiger partial charge in [-0.05, 0) is 25.5 Å². The molecular formula is C22H23BFNO2. The van der Waals surface area contributed by atoms with Gasteiger partial charge < -0.3 is 9.64 Å². The van der Waals surface area contributed by atoms with Gasteiger partial charge in [0.1, 0.15) is 19.3 Å². The highest BCUT2D eigenvalue weighted by atomic mass is 19.1. The van der Waals surface area contributed by atoms with Gasteiger partial charge in [0, 0.05) is 24.9 Å². The largest absolute Gasteiger partial charge is 0.437 e. The molecule has 0 bridgehead atoms. The van der Waals surface area contributed by atoms with Gasteiger partial charge in [0.25, 0.3) is 0 Å². The SMILES string of the molecule is [B]c1ccc([C@H](C)N2CCC(CC(=C)C)(c3ccccc3F)OC2=O)cc1. The highest BCUT2D eigenvalue weighted by Crippen LogP contribution is 2.42. The van der Waals surface area contributed by atoms with Gasteiger partial charge in [-0.1, -0.05) is 60.1 Å². The fourth-order valence-corrected chi connectivity index (χ4v) is 3.70. The van der Waals surface area contributed by atoms with Crippen molar-refractivity contribution in [2.24, 2.45) is 0 Å². The normalized spacial score (nSPS) is 20.9. The number of amides is 1. The highest BCUT2D eigenvalue weighted by molar-refractivity contribution is 6.32. The maximum atomic E-state index is 14.5. The lowest BCUT2D eigenvalue weighted by molar-refractivity contribution is -0.0620. The van der Waals surface area contributed by atoms with E-state index < -0.39 is 11.7 Å². The molecule has 2 aromatic rings. The first-order valence-electron chi connectivity index (χ1n) is 9.07. The summed E-state index contributed by atoms with van der Waals surface area (Å²) in [6.45, 7) is 8.22. The lowest BCUT2D eigenvalue weighted by atomic mass is 9.83. The summed E-state index contributed by atoms with van der Waals surface area (Å²) in [5.41, 5.74) is 1.87. The van der Waals surface area contributed by atoms with Gasteiger partial charge in [0.15, 0.2) is 0 Å². The standard InChI is InChI=1S/C22H23BFNO2/c1-15(2)14-22(19-6-4-5-7-20(19)24)12-13-25(21(26)27-22)16(3)17-8-10-18(23)11-9-17/h4-11,16H,1,12-14H2,2-3H3/t16-,22?/m0/s1. The van der Waals surface area contributed by atoms with Crippen LogP contribution in [0.1, 0.15) is 43.9 Å². The lowest BCUT2D eigenvalue weighted by Gasteiger charge is -2.43. The van der Waals surface area contributed by atoms with Crippen LogP contribution in [0.2, 0.25) is 0 Å². The van der Waals surface area contributed by atoms with Gasteiger partial charge in [0.05, 0.1) is 6.04 Å². The Hall–Kier alpha value is -2.56. The summed E-state index contributed by atoms with van der Waals surface area (Å²) >= 11 is 0. The van der Waals surface area contributed by atoms with E-state index in [0.717, 1.165) is 11.1 Å². The van der Waals surface area contributed by atoms with Crippen LogP contribution >= 0.6 is 0 Å². The quantitative estimate of drug-likeness (QED) is 0.583. The molecule has 3 nitrogen and oxygen atoms in total.